The first-order valence-corrected chi connectivity index (χ1v) is 6.15. The van der Waals surface area contributed by atoms with Crippen molar-refractivity contribution in [1.29, 1.82) is 0 Å². The van der Waals surface area contributed by atoms with E-state index < -0.39 is 5.97 Å². The first-order chi connectivity index (χ1) is 9.54. The van der Waals surface area contributed by atoms with E-state index in [-0.39, 0.29) is 16.4 Å². The predicted octanol–water partition coefficient (Wildman–Crippen LogP) is 4.59. The highest BCUT2D eigenvalue weighted by atomic mass is 35.5. The Labute approximate surface area is 118 Å². The lowest BCUT2D eigenvalue weighted by Gasteiger charge is -2.01. The molecule has 2 aromatic carbocycles. The van der Waals surface area contributed by atoms with E-state index in [1.165, 1.54) is 30.3 Å². The molecule has 5 heteroatoms. The van der Waals surface area contributed by atoms with Crippen LogP contribution in [-0.2, 0) is 0 Å². The third kappa shape index (κ3) is 2.14. The Morgan fingerprint density at radius 2 is 1.95 bits per heavy atom. The molecular formula is C15H8ClFO3. The highest BCUT2D eigenvalue weighted by Gasteiger charge is 2.13. The zero-order valence-electron chi connectivity index (χ0n) is 10.1. The molecule has 0 aliphatic rings. The summed E-state index contributed by atoms with van der Waals surface area (Å²) in [6.07, 6.45) is 0. The maximum atomic E-state index is 13.1. The molecule has 0 aliphatic heterocycles. The summed E-state index contributed by atoms with van der Waals surface area (Å²) in [5.74, 6) is -1.00. The molecule has 0 aliphatic carbocycles. The Bertz CT molecular complexity index is 823. The van der Waals surface area contributed by atoms with Crippen LogP contribution < -0.4 is 0 Å². The van der Waals surface area contributed by atoms with Gasteiger partial charge < -0.3 is 9.52 Å². The van der Waals surface area contributed by atoms with Gasteiger partial charge in [0.2, 0.25) is 0 Å². The number of halogens is 2. The lowest BCUT2D eigenvalue weighted by atomic mass is 10.1. The van der Waals surface area contributed by atoms with E-state index in [9.17, 15) is 9.18 Å². The molecule has 100 valence electrons. The second kappa shape index (κ2) is 4.65. The molecule has 3 aromatic rings. The van der Waals surface area contributed by atoms with Crippen molar-refractivity contribution in [3.63, 3.8) is 0 Å². The van der Waals surface area contributed by atoms with E-state index >= 15 is 0 Å². The largest absolute Gasteiger partial charge is 0.478 e. The van der Waals surface area contributed by atoms with E-state index in [1.807, 2.05) is 0 Å². The number of carboxylic acids is 1. The molecule has 1 aromatic heterocycles. The van der Waals surface area contributed by atoms with Gasteiger partial charge in [0.1, 0.15) is 17.2 Å². The second-order valence-electron chi connectivity index (χ2n) is 4.29. The third-order valence-corrected chi connectivity index (χ3v) is 3.29. The van der Waals surface area contributed by atoms with Crippen LogP contribution in [0.25, 0.3) is 22.3 Å². The molecule has 0 radical (unpaired) electrons. The molecule has 0 bridgehead atoms. The Balaban J connectivity index is 2.15. The fraction of sp³-hybridized carbons (Fsp3) is 0. The topological polar surface area (TPSA) is 50.4 Å². The van der Waals surface area contributed by atoms with E-state index in [4.69, 9.17) is 21.1 Å². The number of fused-ring (bicyclic) bond motifs is 1. The summed E-state index contributed by atoms with van der Waals surface area (Å²) >= 11 is 5.82. The van der Waals surface area contributed by atoms with Crippen molar-refractivity contribution in [1.82, 2.24) is 0 Å². The minimum absolute atomic E-state index is 0.00389. The van der Waals surface area contributed by atoms with Crippen LogP contribution in [0.15, 0.2) is 46.9 Å². The minimum atomic E-state index is -1.11. The van der Waals surface area contributed by atoms with Gasteiger partial charge >= 0.3 is 5.97 Å². The Morgan fingerprint density at radius 1 is 1.15 bits per heavy atom. The lowest BCUT2D eigenvalue weighted by Crippen LogP contribution is -1.97. The van der Waals surface area contributed by atoms with Gasteiger partial charge in [-0.2, -0.15) is 0 Å². The number of hydrogen-bond donors (Lipinski definition) is 1. The maximum Gasteiger partial charge on any atom is 0.337 e. The summed E-state index contributed by atoms with van der Waals surface area (Å²) < 4.78 is 18.7. The Morgan fingerprint density at radius 3 is 2.70 bits per heavy atom. The average molecular weight is 291 g/mol. The van der Waals surface area contributed by atoms with Gasteiger partial charge in [-0.25, -0.2) is 9.18 Å². The first-order valence-electron chi connectivity index (χ1n) is 5.77. The first kappa shape index (κ1) is 12.7. The summed E-state index contributed by atoms with van der Waals surface area (Å²) in [5, 5.41) is 9.82. The highest BCUT2D eigenvalue weighted by Crippen LogP contribution is 2.30. The predicted molar refractivity (Wildman–Crippen MR) is 73.6 cm³/mol. The molecule has 0 amide bonds. The second-order valence-corrected chi connectivity index (χ2v) is 4.70. The molecule has 1 heterocycles. The molecule has 0 saturated carbocycles. The molecule has 0 fully saturated rings. The van der Waals surface area contributed by atoms with Gasteiger partial charge in [-0.1, -0.05) is 11.6 Å². The Hall–Kier alpha value is -2.33. The molecule has 0 unspecified atom stereocenters. The van der Waals surface area contributed by atoms with Crippen LogP contribution in [0.2, 0.25) is 5.02 Å². The number of hydrogen-bond acceptors (Lipinski definition) is 2. The van der Waals surface area contributed by atoms with Gasteiger partial charge in [0, 0.05) is 10.9 Å². The van der Waals surface area contributed by atoms with Gasteiger partial charge in [0.15, 0.2) is 0 Å². The van der Waals surface area contributed by atoms with Crippen molar-refractivity contribution in [2.24, 2.45) is 0 Å². The summed E-state index contributed by atoms with van der Waals surface area (Å²) in [6.45, 7) is 0. The lowest BCUT2D eigenvalue weighted by molar-refractivity contribution is 0.0697. The van der Waals surface area contributed by atoms with Gasteiger partial charge in [0.05, 0.1) is 10.6 Å². The standard InChI is InChI=1S/C15H8ClFO3/c16-12-3-1-8(6-11(12)15(18)19)14-7-9-5-10(17)2-4-13(9)20-14/h1-7H,(H,18,19). The quantitative estimate of drug-likeness (QED) is 0.751. The van der Waals surface area contributed by atoms with Crippen LogP contribution in [-0.4, -0.2) is 11.1 Å². The number of carbonyl (C=O) groups is 1. The van der Waals surface area contributed by atoms with Gasteiger partial charge in [-0.3, -0.25) is 0 Å². The Kier molecular flexibility index (Phi) is 2.95. The molecule has 0 saturated heterocycles. The summed E-state index contributed by atoms with van der Waals surface area (Å²) in [7, 11) is 0. The summed E-state index contributed by atoms with van der Waals surface area (Å²) in [5.41, 5.74) is 1.10. The molecule has 3 rings (SSSR count). The molecule has 0 atom stereocenters. The van der Waals surface area contributed by atoms with Crippen LogP contribution in [0.1, 0.15) is 10.4 Å². The zero-order chi connectivity index (χ0) is 14.3. The van der Waals surface area contributed by atoms with Crippen LogP contribution in [0, 0.1) is 5.82 Å². The number of furan rings is 1. The monoisotopic (exact) mass is 290 g/mol. The summed E-state index contributed by atoms with van der Waals surface area (Å²) in [4.78, 5) is 11.1. The normalized spacial score (nSPS) is 10.9. The molecule has 20 heavy (non-hydrogen) atoms. The molecule has 0 spiro atoms. The smallest absolute Gasteiger partial charge is 0.337 e. The zero-order valence-corrected chi connectivity index (χ0v) is 10.8. The fourth-order valence-corrected chi connectivity index (χ4v) is 2.20. The fourth-order valence-electron chi connectivity index (χ4n) is 2.00. The SMILES string of the molecule is O=C(O)c1cc(-c2cc3cc(F)ccc3o2)ccc1Cl. The number of carboxylic acid groups (broad SMARTS) is 1. The van der Waals surface area contributed by atoms with E-state index in [0.29, 0.717) is 22.3 Å². The van der Waals surface area contributed by atoms with E-state index in [0.717, 1.165) is 0 Å². The van der Waals surface area contributed by atoms with E-state index in [1.54, 1.807) is 12.1 Å². The minimum Gasteiger partial charge on any atom is -0.478 e. The van der Waals surface area contributed by atoms with Gasteiger partial charge in [0.25, 0.3) is 0 Å². The van der Waals surface area contributed by atoms with Crippen molar-refractivity contribution in [3.8, 4) is 11.3 Å². The van der Waals surface area contributed by atoms with Crippen molar-refractivity contribution < 1.29 is 18.7 Å². The van der Waals surface area contributed by atoms with Crippen LogP contribution >= 0.6 is 11.6 Å². The number of benzene rings is 2. The van der Waals surface area contributed by atoms with Gasteiger partial charge in [-0.05, 0) is 42.5 Å². The molecule has 3 nitrogen and oxygen atoms in total. The van der Waals surface area contributed by atoms with E-state index in [2.05, 4.69) is 0 Å². The maximum absolute atomic E-state index is 13.1. The van der Waals surface area contributed by atoms with Gasteiger partial charge in [-0.15, -0.1) is 0 Å². The van der Waals surface area contributed by atoms with Crippen LogP contribution in [0.4, 0.5) is 4.39 Å². The van der Waals surface area contributed by atoms with Crippen molar-refractivity contribution in [2.45, 2.75) is 0 Å². The van der Waals surface area contributed by atoms with Crippen molar-refractivity contribution in [2.75, 3.05) is 0 Å². The van der Waals surface area contributed by atoms with Crippen LogP contribution in [0.3, 0.4) is 0 Å². The van der Waals surface area contributed by atoms with Crippen molar-refractivity contribution in [3.05, 3.63) is 58.9 Å². The van der Waals surface area contributed by atoms with Crippen LogP contribution in [0.5, 0.6) is 0 Å². The molecule has 1 N–H and O–H groups in total. The number of aromatic carboxylic acids is 1. The highest BCUT2D eigenvalue weighted by molar-refractivity contribution is 6.33. The summed E-state index contributed by atoms with van der Waals surface area (Å²) in [6, 6.07) is 10.4. The molecular weight excluding hydrogens is 283 g/mol. The third-order valence-electron chi connectivity index (χ3n) is 2.96. The average Bonchev–Trinajstić information content (AvgIpc) is 2.81. The van der Waals surface area contributed by atoms with Crippen molar-refractivity contribution >= 4 is 28.5 Å². The number of rotatable bonds is 2.